The summed E-state index contributed by atoms with van der Waals surface area (Å²) in [5.41, 5.74) is 0.808. The first-order valence-electron chi connectivity index (χ1n) is 6.73. The molecule has 1 fully saturated rings. The van der Waals surface area contributed by atoms with Crippen molar-refractivity contribution in [2.24, 2.45) is 0 Å². The maximum atomic E-state index is 12.1. The monoisotopic (exact) mass is 403 g/mol. The molecule has 0 aliphatic carbocycles. The Morgan fingerprint density at radius 3 is 2.95 bits per heavy atom. The van der Waals surface area contributed by atoms with E-state index in [9.17, 15) is 4.79 Å². The van der Waals surface area contributed by atoms with Crippen LogP contribution in [0.4, 0.5) is 5.69 Å². The zero-order valence-electron chi connectivity index (χ0n) is 11.5. The average Bonchev–Trinajstić information content (AvgIpc) is 2.81. The van der Waals surface area contributed by atoms with Crippen LogP contribution in [-0.4, -0.2) is 43.5 Å². The van der Waals surface area contributed by atoms with Crippen molar-refractivity contribution in [3.8, 4) is 0 Å². The van der Waals surface area contributed by atoms with Crippen molar-refractivity contribution < 1.29 is 4.79 Å². The van der Waals surface area contributed by atoms with Gasteiger partial charge in [0.05, 0.1) is 12.2 Å². The summed E-state index contributed by atoms with van der Waals surface area (Å²) in [6.07, 6.45) is 2.33. The van der Waals surface area contributed by atoms with Crippen LogP contribution in [0.5, 0.6) is 0 Å². The summed E-state index contributed by atoms with van der Waals surface area (Å²) in [6.45, 7) is 2.39. The van der Waals surface area contributed by atoms with Crippen molar-refractivity contribution in [2.75, 3.05) is 32.0 Å². The maximum absolute atomic E-state index is 12.1. The SMILES string of the molecule is CNCC1CCCN1CC(=O)Nc1ccc(Br)cc1Br. The van der Waals surface area contributed by atoms with Crippen molar-refractivity contribution in [3.63, 3.8) is 0 Å². The van der Waals surface area contributed by atoms with Crippen LogP contribution in [0.25, 0.3) is 0 Å². The molecule has 1 heterocycles. The lowest BCUT2D eigenvalue weighted by atomic mass is 10.2. The number of likely N-dealkylation sites (tertiary alicyclic amines) is 1. The maximum Gasteiger partial charge on any atom is 0.238 e. The molecule has 1 amide bonds. The first-order chi connectivity index (χ1) is 9.60. The van der Waals surface area contributed by atoms with Gasteiger partial charge in [-0.2, -0.15) is 0 Å². The smallest absolute Gasteiger partial charge is 0.238 e. The van der Waals surface area contributed by atoms with Gasteiger partial charge >= 0.3 is 0 Å². The van der Waals surface area contributed by atoms with Gasteiger partial charge in [0.2, 0.25) is 5.91 Å². The molecule has 0 bridgehead atoms. The Bertz CT molecular complexity index is 481. The van der Waals surface area contributed by atoms with Crippen LogP contribution in [-0.2, 0) is 4.79 Å². The summed E-state index contributed by atoms with van der Waals surface area (Å²) in [5, 5.41) is 6.15. The highest BCUT2D eigenvalue weighted by Crippen LogP contribution is 2.26. The molecule has 2 N–H and O–H groups in total. The third kappa shape index (κ3) is 4.28. The molecular weight excluding hydrogens is 386 g/mol. The van der Waals surface area contributed by atoms with Gasteiger partial charge in [-0.3, -0.25) is 9.69 Å². The molecule has 20 heavy (non-hydrogen) atoms. The summed E-state index contributed by atoms with van der Waals surface area (Å²) >= 11 is 6.86. The second-order valence-electron chi connectivity index (χ2n) is 5.00. The van der Waals surface area contributed by atoms with Crippen molar-refractivity contribution in [1.82, 2.24) is 10.2 Å². The van der Waals surface area contributed by atoms with Crippen LogP contribution < -0.4 is 10.6 Å². The minimum Gasteiger partial charge on any atom is -0.324 e. The summed E-state index contributed by atoms with van der Waals surface area (Å²) in [6, 6.07) is 6.20. The number of rotatable bonds is 5. The standard InChI is InChI=1S/C14H19Br2N3O/c1-17-8-11-3-2-6-19(11)9-14(20)18-13-5-4-10(15)7-12(13)16/h4-5,7,11,17H,2-3,6,8-9H2,1H3,(H,18,20). The molecule has 1 aromatic carbocycles. The van der Waals surface area contributed by atoms with E-state index in [4.69, 9.17) is 0 Å². The van der Waals surface area contributed by atoms with Crippen molar-refractivity contribution in [3.05, 3.63) is 27.1 Å². The van der Waals surface area contributed by atoms with E-state index in [1.807, 2.05) is 25.2 Å². The minimum atomic E-state index is 0.0380. The van der Waals surface area contributed by atoms with Crippen LogP contribution in [0.2, 0.25) is 0 Å². The Morgan fingerprint density at radius 2 is 2.25 bits per heavy atom. The lowest BCUT2D eigenvalue weighted by molar-refractivity contribution is -0.117. The van der Waals surface area contributed by atoms with E-state index in [1.54, 1.807) is 0 Å². The van der Waals surface area contributed by atoms with Gasteiger partial charge in [0, 0.05) is 21.5 Å². The van der Waals surface area contributed by atoms with Gasteiger partial charge in [0.1, 0.15) is 0 Å². The number of anilines is 1. The van der Waals surface area contributed by atoms with Crippen LogP contribution in [0.3, 0.4) is 0 Å². The lowest BCUT2D eigenvalue weighted by Gasteiger charge is -2.23. The third-order valence-corrected chi connectivity index (χ3v) is 4.64. The first kappa shape index (κ1) is 15.9. The predicted molar refractivity (Wildman–Crippen MR) is 89.0 cm³/mol. The van der Waals surface area contributed by atoms with Gasteiger partial charge < -0.3 is 10.6 Å². The molecule has 2 rings (SSSR count). The number of hydrogen-bond acceptors (Lipinski definition) is 3. The van der Waals surface area contributed by atoms with Crippen LogP contribution in [0.15, 0.2) is 27.1 Å². The summed E-state index contributed by atoms with van der Waals surface area (Å²) < 4.78 is 1.87. The number of amides is 1. The van der Waals surface area contributed by atoms with E-state index in [0.717, 1.165) is 34.1 Å². The van der Waals surface area contributed by atoms with Crippen LogP contribution >= 0.6 is 31.9 Å². The molecule has 1 aliphatic heterocycles. The Hall–Kier alpha value is -0.430. The van der Waals surface area contributed by atoms with E-state index >= 15 is 0 Å². The van der Waals surface area contributed by atoms with Gasteiger partial charge in [-0.15, -0.1) is 0 Å². The van der Waals surface area contributed by atoms with Crippen molar-refractivity contribution in [1.29, 1.82) is 0 Å². The van der Waals surface area contributed by atoms with Crippen molar-refractivity contribution in [2.45, 2.75) is 18.9 Å². The normalized spacial score (nSPS) is 19.2. The third-order valence-electron chi connectivity index (χ3n) is 3.49. The highest BCUT2D eigenvalue weighted by molar-refractivity contribution is 9.11. The summed E-state index contributed by atoms with van der Waals surface area (Å²) in [5.74, 6) is 0.0380. The fraction of sp³-hybridized carbons (Fsp3) is 0.500. The zero-order valence-corrected chi connectivity index (χ0v) is 14.6. The molecule has 1 atom stereocenters. The Morgan fingerprint density at radius 1 is 1.45 bits per heavy atom. The molecule has 0 aromatic heterocycles. The largest absolute Gasteiger partial charge is 0.324 e. The van der Waals surface area contributed by atoms with E-state index in [1.165, 1.54) is 6.42 Å². The fourth-order valence-corrected chi connectivity index (χ4v) is 3.68. The number of nitrogens with zero attached hydrogens (tertiary/aromatic N) is 1. The van der Waals surface area contributed by atoms with E-state index < -0.39 is 0 Å². The van der Waals surface area contributed by atoms with E-state index in [2.05, 4.69) is 47.4 Å². The number of likely N-dealkylation sites (N-methyl/N-ethyl adjacent to an activating group) is 1. The minimum absolute atomic E-state index is 0.0380. The molecule has 0 radical (unpaired) electrons. The molecule has 1 saturated heterocycles. The van der Waals surface area contributed by atoms with Crippen LogP contribution in [0.1, 0.15) is 12.8 Å². The molecule has 1 unspecified atom stereocenters. The second kappa shape index (κ2) is 7.54. The highest BCUT2D eigenvalue weighted by atomic mass is 79.9. The van der Waals surface area contributed by atoms with E-state index in [0.29, 0.717) is 12.6 Å². The Kier molecular flexibility index (Phi) is 6.01. The molecular formula is C14H19Br2N3O. The number of carbonyl (C=O) groups is 1. The topological polar surface area (TPSA) is 44.4 Å². The second-order valence-corrected chi connectivity index (χ2v) is 6.77. The van der Waals surface area contributed by atoms with Crippen molar-refractivity contribution >= 4 is 43.5 Å². The van der Waals surface area contributed by atoms with Gasteiger partial charge in [0.15, 0.2) is 0 Å². The Labute approximate surface area is 136 Å². The molecule has 4 nitrogen and oxygen atoms in total. The fourth-order valence-electron chi connectivity index (χ4n) is 2.54. The van der Waals surface area contributed by atoms with Gasteiger partial charge in [0.25, 0.3) is 0 Å². The lowest BCUT2D eigenvalue weighted by Crippen LogP contribution is -2.41. The predicted octanol–water partition coefficient (Wildman–Crippen LogP) is 2.83. The molecule has 1 aromatic rings. The summed E-state index contributed by atoms with van der Waals surface area (Å²) in [4.78, 5) is 14.4. The quantitative estimate of drug-likeness (QED) is 0.792. The molecule has 1 aliphatic rings. The molecule has 0 saturated carbocycles. The van der Waals surface area contributed by atoms with Crippen LogP contribution in [0, 0.1) is 0 Å². The molecule has 6 heteroatoms. The number of benzene rings is 1. The van der Waals surface area contributed by atoms with Gasteiger partial charge in [-0.1, -0.05) is 15.9 Å². The van der Waals surface area contributed by atoms with Gasteiger partial charge in [-0.05, 0) is 60.6 Å². The number of carbonyl (C=O) groups excluding carboxylic acids is 1. The number of hydrogen-bond donors (Lipinski definition) is 2. The number of halogens is 2. The summed E-state index contributed by atoms with van der Waals surface area (Å²) in [7, 11) is 1.95. The highest BCUT2D eigenvalue weighted by Gasteiger charge is 2.25. The first-order valence-corrected chi connectivity index (χ1v) is 8.32. The van der Waals surface area contributed by atoms with E-state index in [-0.39, 0.29) is 5.91 Å². The zero-order chi connectivity index (χ0) is 14.5. The molecule has 0 spiro atoms. The molecule has 110 valence electrons. The average molecular weight is 405 g/mol. The Balaban J connectivity index is 1.92. The number of nitrogens with one attached hydrogen (secondary N) is 2. The van der Waals surface area contributed by atoms with Gasteiger partial charge in [-0.25, -0.2) is 0 Å².